The largest absolute Gasteiger partial charge is 0.480 e. The molecule has 1 unspecified atom stereocenters. The van der Waals surface area contributed by atoms with Crippen molar-refractivity contribution in [2.24, 2.45) is 5.92 Å². The number of amides is 1. The summed E-state index contributed by atoms with van der Waals surface area (Å²) >= 11 is 0. The van der Waals surface area contributed by atoms with Crippen LogP contribution in [0, 0.1) is 12.8 Å². The van der Waals surface area contributed by atoms with Crippen molar-refractivity contribution < 1.29 is 27.5 Å². The lowest BCUT2D eigenvalue weighted by molar-refractivity contribution is -0.139. The molecule has 0 aromatic carbocycles. The monoisotopic (exact) mass is 316 g/mol. The first-order chi connectivity index (χ1) is 9.76. The van der Waals surface area contributed by atoms with E-state index >= 15 is 0 Å². The number of furan rings is 1. The van der Waals surface area contributed by atoms with Gasteiger partial charge in [-0.05, 0) is 32.7 Å². The molecule has 1 fully saturated rings. The molecule has 21 heavy (non-hydrogen) atoms. The van der Waals surface area contributed by atoms with Crippen molar-refractivity contribution in [3.8, 4) is 0 Å². The maximum Gasteiger partial charge on any atom is 0.326 e. The second-order valence-electron chi connectivity index (χ2n) is 4.87. The van der Waals surface area contributed by atoms with Gasteiger partial charge in [-0.2, -0.15) is 0 Å². The van der Waals surface area contributed by atoms with Gasteiger partial charge in [0.15, 0.2) is 0 Å². The summed E-state index contributed by atoms with van der Waals surface area (Å²) in [7, 11) is -2.57. The lowest BCUT2D eigenvalue weighted by Gasteiger charge is -2.12. The molecule has 1 saturated carbocycles. The predicted octanol–water partition coefficient (Wildman–Crippen LogP) is 0.0891. The predicted molar refractivity (Wildman–Crippen MR) is 71.3 cm³/mol. The number of carbonyl (C=O) groups is 2. The van der Waals surface area contributed by atoms with Crippen molar-refractivity contribution in [3.05, 3.63) is 17.4 Å². The zero-order chi connectivity index (χ0) is 15.8. The van der Waals surface area contributed by atoms with E-state index in [1.165, 1.54) is 14.0 Å². The highest BCUT2D eigenvalue weighted by Crippen LogP contribution is 2.33. The van der Waals surface area contributed by atoms with Crippen molar-refractivity contribution >= 4 is 21.9 Å². The molecular formula is C12H16N2O6S. The van der Waals surface area contributed by atoms with Gasteiger partial charge in [0.25, 0.3) is 15.9 Å². The molecule has 1 aromatic rings. The van der Waals surface area contributed by atoms with E-state index in [2.05, 4.69) is 10.0 Å². The van der Waals surface area contributed by atoms with E-state index in [1.54, 1.807) is 0 Å². The minimum Gasteiger partial charge on any atom is -0.480 e. The Hall–Kier alpha value is -1.87. The maximum absolute atomic E-state index is 12.1. The molecule has 0 spiro atoms. The summed E-state index contributed by atoms with van der Waals surface area (Å²) in [5.41, 5.74) is 0.00993. The first-order valence-electron chi connectivity index (χ1n) is 6.34. The third-order valence-electron chi connectivity index (χ3n) is 3.32. The van der Waals surface area contributed by atoms with Gasteiger partial charge in [-0.1, -0.05) is 0 Å². The van der Waals surface area contributed by atoms with Crippen LogP contribution >= 0.6 is 0 Å². The standard InChI is InChI=1S/C12H16N2O6S/c1-6-8(5-9(20-6)21(18,19)13-2)11(15)14-10(12(16)17)7-3-4-7/h5,7,10,13H,3-4H2,1-2H3,(H,14,15)(H,16,17). The number of rotatable bonds is 6. The van der Waals surface area contributed by atoms with Crippen molar-refractivity contribution in [2.75, 3.05) is 7.05 Å². The third kappa shape index (κ3) is 3.24. The number of carbonyl (C=O) groups excluding carboxylic acids is 1. The first-order valence-corrected chi connectivity index (χ1v) is 7.82. The van der Waals surface area contributed by atoms with Gasteiger partial charge < -0.3 is 14.8 Å². The average Bonchev–Trinajstić information content (AvgIpc) is 3.17. The molecule has 1 atom stereocenters. The minimum atomic E-state index is -3.80. The Morgan fingerprint density at radius 1 is 1.43 bits per heavy atom. The molecule has 1 aliphatic rings. The fraction of sp³-hybridized carbons (Fsp3) is 0.500. The van der Waals surface area contributed by atoms with Crippen LogP contribution < -0.4 is 10.0 Å². The third-order valence-corrected chi connectivity index (χ3v) is 4.59. The number of aryl methyl sites for hydroxylation is 1. The van der Waals surface area contributed by atoms with Crippen LogP contribution in [0.1, 0.15) is 29.0 Å². The minimum absolute atomic E-state index is 0.00993. The molecule has 0 saturated heterocycles. The number of sulfonamides is 1. The Labute approximate surface area is 121 Å². The summed E-state index contributed by atoms with van der Waals surface area (Å²) in [6, 6.07) is 0.124. The lowest BCUT2D eigenvalue weighted by atomic mass is 10.1. The van der Waals surface area contributed by atoms with Crippen LogP contribution in [0.25, 0.3) is 0 Å². The summed E-state index contributed by atoms with van der Waals surface area (Å²) in [6.45, 7) is 1.44. The number of aliphatic carboxylic acids is 1. The molecule has 8 nitrogen and oxygen atoms in total. The summed E-state index contributed by atoms with van der Waals surface area (Å²) < 4.78 is 30.3. The molecular weight excluding hydrogens is 300 g/mol. The molecule has 9 heteroatoms. The summed E-state index contributed by atoms with van der Waals surface area (Å²) in [5.74, 6) is -1.72. The Morgan fingerprint density at radius 2 is 2.05 bits per heavy atom. The van der Waals surface area contributed by atoms with E-state index in [1.807, 2.05) is 0 Å². The zero-order valence-corrected chi connectivity index (χ0v) is 12.4. The van der Waals surface area contributed by atoms with Gasteiger partial charge in [0.2, 0.25) is 5.09 Å². The number of hydrogen-bond donors (Lipinski definition) is 3. The highest BCUT2D eigenvalue weighted by Gasteiger charge is 2.38. The Kier molecular flexibility index (Phi) is 4.06. The van der Waals surface area contributed by atoms with Crippen LogP contribution in [0.5, 0.6) is 0 Å². The Morgan fingerprint density at radius 3 is 2.52 bits per heavy atom. The van der Waals surface area contributed by atoms with Gasteiger partial charge in [0.1, 0.15) is 11.8 Å². The zero-order valence-electron chi connectivity index (χ0n) is 11.5. The molecule has 1 aromatic heterocycles. The molecule has 1 amide bonds. The second-order valence-corrected chi connectivity index (χ2v) is 6.69. The SMILES string of the molecule is CNS(=O)(=O)c1cc(C(=O)NC(C(=O)O)C2CC2)c(C)o1. The topological polar surface area (TPSA) is 126 Å². The van der Waals surface area contributed by atoms with E-state index in [4.69, 9.17) is 9.52 Å². The van der Waals surface area contributed by atoms with Gasteiger partial charge in [0.05, 0.1) is 5.56 Å². The molecule has 3 N–H and O–H groups in total. The summed E-state index contributed by atoms with van der Waals surface area (Å²) in [5, 5.41) is 11.1. The van der Waals surface area contributed by atoms with Crippen molar-refractivity contribution in [3.63, 3.8) is 0 Å². The highest BCUT2D eigenvalue weighted by atomic mass is 32.2. The van der Waals surface area contributed by atoms with E-state index in [0.717, 1.165) is 18.9 Å². The summed E-state index contributed by atoms with van der Waals surface area (Å²) in [4.78, 5) is 23.2. The maximum atomic E-state index is 12.1. The molecule has 116 valence electrons. The van der Waals surface area contributed by atoms with Gasteiger partial charge in [0, 0.05) is 6.07 Å². The van der Waals surface area contributed by atoms with Crippen LogP contribution in [0.2, 0.25) is 0 Å². The summed E-state index contributed by atoms with van der Waals surface area (Å²) in [6.07, 6.45) is 1.50. The Balaban J connectivity index is 2.21. The van der Waals surface area contributed by atoms with Gasteiger partial charge in [-0.15, -0.1) is 0 Å². The lowest BCUT2D eigenvalue weighted by Crippen LogP contribution is -2.42. The van der Waals surface area contributed by atoms with Crippen LogP contribution in [0.3, 0.4) is 0 Å². The number of carboxylic acids is 1. The van der Waals surface area contributed by atoms with Gasteiger partial charge in [-0.25, -0.2) is 17.9 Å². The molecule has 2 rings (SSSR count). The van der Waals surface area contributed by atoms with Crippen molar-refractivity contribution in [2.45, 2.75) is 30.9 Å². The molecule has 0 radical (unpaired) electrons. The fourth-order valence-corrected chi connectivity index (χ4v) is 2.65. The molecule has 0 bridgehead atoms. The number of hydrogen-bond acceptors (Lipinski definition) is 5. The van der Waals surface area contributed by atoms with Crippen molar-refractivity contribution in [1.82, 2.24) is 10.0 Å². The molecule has 1 aliphatic carbocycles. The van der Waals surface area contributed by atoms with Crippen LogP contribution in [0.4, 0.5) is 0 Å². The van der Waals surface area contributed by atoms with Crippen molar-refractivity contribution in [1.29, 1.82) is 0 Å². The van der Waals surface area contributed by atoms with E-state index in [0.29, 0.717) is 0 Å². The smallest absolute Gasteiger partial charge is 0.326 e. The normalized spacial score (nSPS) is 16.5. The van der Waals surface area contributed by atoms with E-state index in [-0.39, 0.29) is 22.3 Å². The highest BCUT2D eigenvalue weighted by molar-refractivity contribution is 7.89. The van der Waals surface area contributed by atoms with Crippen LogP contribution in [-0.4, -0.2) is 38.5 Å². The average molecular weight is 316 g/mol. The van der Waals surface area contributed by atoms with E-state index < -0.39 is 27.9 Å². The number of carboxylic acid groups (broad SMARTS) is 1. The second kappa shape index (κ2) is 5.49. The quantitative estimate of drug-likeness (QED) is 0.683. The first kappa shape index (κ1) is 15.5. The van der Waals surface area contributed by atoms with Gasteiger partial charge in [-0.3, -0.25) is 4.79 Å². The van der Waals surface area contributed by atoms with Crippen LogP contribution in [-0.2, 0) is 14.8 Å². The molecule has 1 heterocycles. The van der Waals surface area contributed by atoms with E-state index in [9.17, 15) is 18.0 Å². The fourth-order valence-electron chi connectivity index (χ4n) is 1.94. The van der Waals surface area contributed by atoms with Gasteiger partial charge >= 0.3 is 5.97 Å². The number of nitrogens with one attached hydrogen (secondary N) is 2. The van der Waals surface area contributed by atoms with Crippen LogP contribution in [0.15, 0.2) is 15.6 Å². The molecule has 0 aliphatic heterocycles. The Bertz CT molecular complexity index is 674.